The van der Waals surface area contributed by atoms with Crippen LogP contribution in [0.15, 0.2) is 4.99 Å². The lowest BCUT2D eigenvalue weighted by atomic mass is 9.57. The van der Waals surface area contributed by atoms with Gasteiger partial charge in [0.2, 0.25) is 10.0 Å². The van der Waals surface area contributed by atoms with Crippen molar-refractivity contribution in [3.63, 3.8) is 0 Å². The molecule has 2 heterocycles. The van der Waals surface area contributed by atoms with Gasteiger partial charge < -0.3 is 19.7 Å². The van der Waals surface area contributed by atoms with Gasteiger partial charge in [-0.3, -0.25) is 4.99 Å². The molecule has 1 saturated carbocycles. The molecular formula is C20H38N4O4S. The molecule has 0 amide bonds. The molecule has 1 aliphatic carbocycles. The van der Waals surface area contributed by atoms with Gasteiger partial charge in [0.1, 0.15) is 0 Å². The predicted octanol–water partition coefficient (Wildman–Crippen LogP) is 1.14. The molecule has 8 nitrogen and oxygen atoms in total. The van der Waals surface area contributed by atoms with Crippen LogP contribution in [0.2, 0.25) is 0 Å². The third-order valence-electron chi connectivity index (χ3n) is 6.42. The highest BCUT2D eigenvalue weighted by atomic mass is 32.2. The lowest BCUT2D eigenvalue weighted by molar-refractivity contribution is -0.107. The molecule has 0 spiro atoms. The van der Waals surface area contributed by atoms with E-state index in [-0.39, 0.29) is 23.9 Å². The highest BCUT2D eigenvalue weighted by molar-refractivity contribution is 7.89. The summed E-state index contributed by atoms with van der Waals surface area (Å²) >= 11 is 0. The fourth-order valence-electron chi connectivity index (χ4n) is 4.84. The Morgan fingerprint density at radius 3 is 2.59 bits per heavy atom. The van der Waals surface area contributed by atoms with Gasteiger partial charge in [0.05, 0.1) is 24.6 Å². The molecule has 29 heavy (non-hydrogen) atoms. The summed E-state index contributed by atoms with van der Waals surface area (Å²) in [6.45, 7) is 14.4. The van der Waals surface area contributed by atoms with Crippen LogP contribution in [0.3, 0.4) is 0 Å². The largest absolute Gasteiger partial charge is 0.378 e. The van der Waals surface area contributed by atoms with Gasteiger partial charge in [-0.05, 0) is 27.2 Å². The fourth-order valence-corrected chi connectivity index (χ4v) is 6.12. The average molecular weight is 431 g/mol. The van der Waals surface area contributed by atoms with Crippen molar-refractivity contribution in [2.45, 2.75) is 59.3 Å². The fraction of sp³-hybridized carbons (Fsp3) is 0.950. The van der Waals surface area contributed by atoms with Crippen LogP contribution in [-0.2, 0) is 19.5 Å². The van der Waals surface area contributed by atoms with Crippen LogP contribution in [0.4, 0.5) is 0 Å². The minimum Gasteiger partial charge on any atom is -0.378 e. The monoisotopic (exact) mass is 430 g/mol. The van der Waals surface area contributed by atoms with Crippen LogP contribution < -0.4 is 5.32 Å². The number of rotatable bonds is 7. The highest BCUT2D eigenvalue weighted by Gasteiger charge is 2.59. The molecule has 3 atom stereocenters. The van der Waals surface area contributed by atoms with E-state index in [1.165, 1.54) is 0 Å². The Kier molecular flexibility index (Phi) is 7.13. The molecule has 0 aromatic rings. The molecular weight excluding hydrogens is 392 g/mol. The number of sulfonamides is 1. The summed E-state index contributed by atoms with van der Waals surface area (Å²) in [6.07, 6.45) is 1.47. The van der Waals surface area contributed by atoms with Crippen molar-refractivity contribution in [3.8, 4) is 0 Å². The van der Waals surface area contributed by atoms with Gasteiger partial charge in [0.15, 0.2) is 5.96 Å². The van der Waals surface area contributed by atoms with Crippen molar-refractivity contribution in [1.29, 1.82) is 0 Å². The molecule has 0 aromatic heterocycles. The number of fused-ring (bicyclic) bond motifs is 1. The average Bonchev–Trinajstić information content (AvgIpc) is 3.12. The van der Waals surface area contributed by atoms with Gasteiger partial charge in [-0.1, -0.05) is 13.8 Å². The van der Waals surface area contributed by atoms with Crippen LogP contribution in [0.25, 0.3) is 0 Å². The molecule has 9 heteroatoms. The highest BCUT2D eigenvalue weighted by Crippen LogP contribution is 2.52. The molecule has 0 bridgehead atoms. The van der Waals surface area contributed by atoms with Gasteiger partial charge in [-0.15, -0.1) is 0 Å². The zero-order valence-electron chi connectivity index (χ0n) is 18.6. The first-order valence-electron chi connectivity index (χ1n) is 10.9. The normalized spacial score (nSPS) is 30.3. The topological polar surface area (TPSA) is 83.5 Å². The molecule has 2 aliphatic heterocycles. The Labute approximate surface area is 176 Å². The van der Waals surface area contributed by atoms with Crippen molar-refractivity contribution in [2.24, 2.45) is 16.3 Å². The lowest BCUT2D eigenvalue weighted by Crippen LogP contribution is -2.68. The molecule has 168 valence electrons. The van der Waals surface area contributed by atoms with Gasteiger partial charge in [0, 0.05) is 56.7 Å². The third kappa shape index (κ3) is 4.89. The number of ether oxygens (including phenoxy) is 2. The van der Waals surface area contributed by atoms with Gasteiger partial charge in [-0.2, -0.15) is 4.31 Å². The predicted molar refractivity (Wildman–Crippen MR) is 115 cm³/mol. The van der Waals surface area contributed by atoms with E-state index < -0.39 is 10.0 Å². The van der Waals surface area contributed by atoms with E-state index in [9.17, 15) is 8.42 Å². The first kappa shape index (κ1) is 22.8. The maximum absolute atomic E-state index is 12.6. The van der Waals surface area contributed by atoms with Crippen LogP contribution in [0.1, 0.15) is 41.0 Å². The minimum atomic E-state index is -3.28. The molecule has 2 saturated heterocycles. The number of nitrogens with one attached hydrogen (secondary N) is 1. The van der Waals surface area contributed by atoms with Crippen molar-refractivity contribution < 1.29 is 17.9 Å². The summed E-state index contributed by atoms with van der Waals surface area (Å²) in [5.41, 5.74) is 0.0806. The quantitative estimate of drug-likeness (QED) is 0.482. The number of aliphatic imine (C=N–C) groups is 1. The summed E-state index contributed by atoms with van der Waals surface area (Å²) in [5.74, 6) is 1.48. The Bertz CT molecular complexity index is 687. The van der Waals surface area contributed by atoms with Crippen LogP contribution in [0, 0.1) is 11.3 Å². The molecule has 3 unspecified atom stereocenters. The second-order valence-electron chi connectivity index (χ2n) is 9.11. The SMILES string of the molecule is CCN=C(NC1C2CCOC2C1(C)C)N1CCN(S(=O)(=O)CCOC(C)C)CC1. The standard InChI is InChI=1S/C20H38N4O4S/c1-6-21-19(22-17-16-7-12-28-18(16)20(17,4)5)23-8-10-24(11-9-23)29(25,26)14-13-27-15(2)3/h15-18H,6-14H2,1-5H3,(H,21,22). The van der Waals surface area contributed by atoms with E-state index in [1.807, 2.05) is 20.8 Å². The van der Waals surface area contributed by atoms with Crippen molar-refractivity contribution in [3.05, 3.63) is 0 Å². The van der Waals surface area contributed by atoms with Crippen molar-refractivity contribution in [2.75, 3.05) is 51.7 Å². The Morgan fingerprint density at radius 1 is 1.28 bits per heavy atom. The van der Waals surface area contributed by atoms with Crippen molar-refractivity contribution in [1.82, 2.24) is 14.5 Å². The number of hydrogen-bond donors (Lipinski definition) is 1. The molecule has 3 aliphatic rings. The second-order valence-corrected chi connectivity index (χ2v) is 11.2. The summed E-state index contributed by atoms with van der Waals surface area (Å²) < 4.78 is 38.1. The molecule has 3 fully saturated rings. The first-order valence-corrected chi connectivity index (χ1v) is 12.5. The second kappa shape index (κ2) is 9.08. The van der Waals surface area contributed by atoms with E-state index in [4.69, 9.17) is 14.5 Å². The maximum Gasteiger partial charge on any atom is 0.216 e. The van der Waals surface area contributed by atoms with E-state index in [0.717, 1.165) is 19.0 Å². The minimum absolute atomic E-state index is 0.0403. The number of piperazine rings is 1. The van der Waals surface area contributed by atoms with Crippen LogP contribution >= 0.6 is 0 Å². The van der Waals surface area contributed by atoms with E-state index >= 15 is 0 Å². The van der Waals surface area contributed by atoms with E-state index in [2.05, 4.69) is 24.1 Å². The summed E-state index contributed by atoms with van der Waals surface area (Å²) in [7, 11) is -3.28. The molecule has 0 radical (unpaired) electrons. The summed E-state index contributed by atoms with van der Waals surface area (Å²) in [5, 5.41) is 3.69. The van der Waals surface area contributed by atoms with Crippen LogP contribution in [0.5, 0.6) is 0 Å². The van der Waals surface area contributed by atoms with Gasteiger partial charge >= 0.3 is 0 Å². The summed E-state index contributed by atoms with van der Waals surface area (Å²) in [6, 6.07) is 0.343. The maximum atomic E-state index is 12.6. The Balaban J connectivity index is 1.56. The summed E-state index contributed by atoms with van der Waals surface area (Å²) in [4.78, 5) is 6.90. The smallest absolute Gasteiger partial charge is 0.216 e. The number of hydrogen-bond acceptors (Lipinski definition) is 5. The number of guanidine groups is 1. The Hall–Kier alpha value is -0.900. The van der Waals surface area contributed by atoms with E-state index in [1.54, 1.807) is 4.31 Å². The van der Waals surface area contributed by atoms with E-state index in [0.29, 0.717) is 50.8 Å². The third-order valence-corrected chi connectivity index (χ3v) is 8.25. The lowest BCUT2D eigenvalue weighted by Gasteiger charge is -2.55. The van der Waals surface area contributed by atoms with Gasteiger partial charge in [-0.25, -0.2) is 8.42 Å². The number of nitrogens with zero attached hydrogens (tertiary/aromatic N) is 3. The molecule has 0 aromatic carbocycles. The van der Waals surface area contributed by atoms with Gasteiger partial charge in [0.25, 0.3) is 0 Å². The zero-order chi connectivity index (χ0) is 21.2. The van der Waals surface area contributed by atoms with Crippen molar-refractivity contribution >= 4 is 16.0 Å². The first-order chi connectivity index (χ1) is 13.7. The molecule has 3 rings (SSSR count). The zero-order valence-corrected chi connectivity index (χ0v) is 19.4. The van der Waals surface area contributed by atoms with Crippen LogP contribution in [-0.4, -0.2) is 93.5 Å². The Morgan fingerprint density at radius 2 is 1.97 bits per heavy atom. The molecule has 1 N–H and O–H groups in total.